The summed E-state index contributed by atoms with van der Waals surface area (Å²) in [4.78, 5) is 14.4. The van der Waals surface area contributed by atoms with Gasteiger partial charge in [0.2, 0.25) is 6.08 Å². The number of halogens is 1. The first-order chi connectivity index (χ1) is 8.55. The van der Waals surface area contributed by atoms with Gasteiger partial charge in [0.05, 0.1) is 7.11 Å². The highest BCUT2D eigenvalue weighted by molar-refractivity contribution is 6.31. The van der Waals surface area contributed by atoms with Crippen LogP contribution in [0.3, 0.4) is 0 Å². The van der Waals surface area contributed by atoms with Crippen molar-refractivity contribution in [3.8, 4) is 11.5 Å². The van der Waals surface area contributed by atoms with Crippen molar-refractivity contribution in [2.45, 2.75) is 31.7 Å². The highest BCUT2D eigenvalue weighted by Gasteiger charge is 2.42. The Labute approximate surface area is 110 Å². The minimum absolute atomic E-state index is 0.0121. The van der Waals surface area contributed by atoms with Crippen LogP contribution in [0.5, 0.6) is 11.5 Å². The van der Waals surface area contributed by atoms with Gasteiger partial charge in [0.15, 0.2) is 11.5 Å². The molecule has 0 unspecified atom stereocenters. The maximum atomic E-state index is 10.6. The molecule has 0 heterocycles. The molecule has 1 fully saturated rings. The number of benzene rings is 1. The number of rotatable bonds is 3. The van der Waals surface area contributed by atoms with Crippen LogP contribution in [0.25, 0.3) is 0 Å². The Kier molecular flexibility index (Phi) is 3.33. The molecule has 0 aliphatic heterocycles. The summed E-state index contributed by atoms with van der Waals surface area (Å²) in [7, 11) is 1.47. The topological polar surface area (TPSA) is 58.9 Å². The normalized spacial score (nSPS) is 16.6. The van der Waals surface area contributed by atoms with Crippen LogP contribution in [-0.2, 0) is 10.3 Å². The molecule has 1 aromatic rings. The fourth-order valence-corrected chi connectivity index (χ4v) is 2.55. The Morgan fingerprint density at radius 1 is 1.56 bits per heavy atom. The smallest absolute Gasteiger partial charge is 0.235 e. The molecule has 1 N–H and O–H groups in total. The highest BCUT2D eigenvalue weighted by Crippen LogP contribution is 2.51. The lowest BCUT2D eigenvalue weighted by molar-refractivity contribution is 0.244. The summed E-state index contributed by atoms with van der Waals surface area (Å²) in [5, 5.41) is 10.7. The largest absolute Gasteiger partial charge is 0.504 e. The molecule has 1 saturated carbocycles. The van der Waals surface area contributed by atoms with Gasteiger partial charge in [-0.2, -0.15) is 4.99 Å². The second-order valence-electron chi connectivity index (χ2n) is 4.50. The van der Waals surface area contributed by atoms with Gasteiger partial charge in [-0.3, -0.25) is 0 Å². The average Bonchev–Trinajstić information content (AvgIpc) is 2.30. The third kappa shape index (κ3) is 1.78. The molecular weight excluding hydrogens is 254 g/mol. The van der Waals surface area contributed by atoms with Crippen molar-refractivity contribution in [3.05, 3.63) is 22.2 Å². The van der Waals surface area contributed by atoms with Crippen LogP contribution in [0, 0.1) is 6.92 Å². The predicted molar refractivity (Wildman–Crippen MR) is 68.1 cm³/mol. The van der Waals surface area contributed by atoms with E-state index in [0.717, 1.165) is 6.42 Å². The minimum Gasteiger partial charge on any atom is -0.504 e. The molecule has 4 nitrogen and oxygen atoms in total. The number of hydrogen-bond donors (Lipinski definition) is 1. The Morgan fingerprint density at radius 2 is 2.22 bits per heavy atom. The average molecular weight is 268 g/mol. The van der Waals surface area contributed by atoms with Crippen LogP contribution in [0.4, 0.5) is 0 Å². The zero-order valence-corrected chi connectivity index (χ0v) is 11.0. The number of methoxy groups -OCH3 is 1. The quantitative estimate of drug-likeness (QED) is 0.676. The molecule has 0 aromatic heterocycles. The van der Waals surface area contributed by atoms with Gasteiger partial charge in [-0.25, -0.2) is 4.79 Å². The second-order valence-corrected chi connectivity index (χ2v) is 4.91. The molecular formula is C13H14ClNO3. The van der Waals surface area contributed by atoms with Crippen molar-refractivity contribution in [2.24, 2.45) is 4.99 Å². The Hall–Kier alpha value is -1.51. The summed E-state index contributed by atoms with van der Waals surface area (Å²) in [6.45, 7) is 1.76. The maximum Gasteiger partial charge on any atom is 0.235 e. The molecule has 0 saturated heterocycles. The lowest BCUT2D eigenvalue weighted by atomic mass is 9.72. The van der Waals surface area contributed by atoms with E-state index in [0.29, 0.717) is 34.7 Å². The summed E-state index contributed by atoms with van der Waals surface area (Å²) < 4.78 is 5.16. The molecule has 2 rings (SSSR count). The molecule has 5 heteroatoms. The van der Waals surface area contributed by atoms with E-state index in [1.54, 1.807) is 19.1 Å². The van der Waals surface area contributed by atoms with E-state index in [2.05, 4.69) is 4.99 Å². The van der Waals surface area contributed by atoms with E-state index in [1.807, 2.05) is 0 Å². The van der Waals surface area contributed by atoms with Gasteiger partial charge in [0, 0.05) is 16.1 Å². The number of ether oxygens (including phenoxy) is 1. The summed E-state index contributed by atoms with van der Waals surface area (Å²) in [6, 6.07) is 1.66. The van der Waals surface area contributed by atoms with Crippen molar-refractivity contribution in [2.75, 3.05) is 7.11 Å². The third-order valence-electron chi connectivity index (χ3n) is 3.59. The first kappa shape index (κ1) is 12.9. The van der Waals surface area contributed by atoms with Gasteiger partial charge in [0.25, 0.3) is 0 Å². The number of hydrogen-bond acceptors (Lipinski definition) is 4. The molecule has 96 valence electrons. The molecule has 1 aromatic carbocycles. The summed E-state index contributed by atoms with van der Waals surface area (Å²) in [5.74, 6) is 0.350. The lowest BCUT2D eigenvalue weighted by Gasteiger charge is -2.37. The SMILES string of the molecule is COc1c(C)c(Cl)cc(C2(N=C=O)CCC2)c1O. The van der Waals surface area contributed by atoms with Crippen LogP contribution in [0.1, 0.15) is 30.4 Å². The van der Waals surface area contributed by atoms with Crippen molar-refractivity contribution in [1.82, 2.24) is 0 Å². The fourth-order valence-electron chi connectivity index (χ4n) is 2.36. The molecule has 0 bridgehead atoms. The van der Waals surface area contributed by atoms with E-state index in [4.69, 9.17) is 16.3 Å². The van der Waals surface area contributed by atoms with Gasteiger partial charge in [0.1, 0.15) is 5.54 Å². The van der Waals surface area contributed by atoms with E-state index >= 15 is 0 Å². The second kappa shape index (κ2) is 4.63. The van der Waals surface area contributed by atoms with Gasteiger partial charge < -0.3 is 9.84 Å². The third-order valence-corrected chi connectivity index (χ3v) is 3.98. The van der Waals surface area contributed by atoms with E-state index in [-0.39, 0.29) is 5.75 Å². The monoisotopic (exact) mass is 267 g/mol. The van der Waals surface area contributed by atoms with Gasteiger partial charge in [-0.05, 0) is 32.3 Å². The van der Waals surface area contributed by atoms with E-state index < -0.39 is 5.54 Å². The highest BCUT2D eigenvalue weighted by atomic mass is 35.5. The van der Waals surface area contributed by atoms with Crippen LogP contribution < -0.4 is 4.74 Å². The first-order valence-corrected chi connectivity index (χ1v) is 6.09. The number of isocyanates is 1. The Balaban J connectivity index is 2.64. The van der Waals surface area contributed by atoms with Crippen molar-refractivity contribution >= 4 is 17.7 Å². The number of phenolic OH excluding ortho intramolecular Hbond substituents is 1. The molecule has 0 atom stereocenters. The van der Waals surface area contributed by atoms with Crippen LogP contribution in [0.15, 0.2) is 11.1 Å². The number of aliphatic imine (C=N–C) groups is 1. The van der Waals surface area contributed by atoms with E-state index in [9.17, 15) is 9.90 Å². The maximum absolute atomic E-state index is 10.6. The van der Waals surface area contributed by atoms with Crippen LogP contribution >= 0.6 is 11.6 Å². The zero-order chi connectivity index (χ0) is 13.3. The Morgan fingerprint density at radius 3 is 2.67 bits per heavy atom. The molecule has 0 spiro atoms. The summed E-state index contributed by atoms with van der Waals surface area (Å²) >= 11 is 6.13. The van der Waals surface area contributed by atoms with Crippen LogP contribution in [0.2, 0.25) is 5.02 Å². The number of carbonyl (C=O) groups excluding carboxylic acids is 1. The number of aromatic hydroxyl groups is 1. The van der Waals surface area contributed by atoms with Gasteiger partial charge in [-0.15, -0.1) is 0 Å². The molecule has 18 heavy (non-hydrogen) atoms. The molecule has 1 aliphatic rings. The number of nitrogens with zero attached hydrogens (tertiary/aromatic N) is 1. The van der Waals surface area contributed by atoms with Gasteiger partial charge >= 0.3 is 0 Å². The number of phenols is 1. The fraction of sp³-hybridized carbons (Fsp3) is 0.462. The predicted octanol–water partition coefficient (Wildman–Crippen LogP) is 3.08. The van der Waals surface area contributed by atoms with Crippen molar-refractivity contribution < 1.29 is 14.6 Å². The van der Waals surface area contributed by atoms with Crippen molar-refractivity contribution in [1.29, 1.82) is 0 Å². The van der Waals surface area contributed by atoms with Crippen LogP contribution in [-0.4, -0.2) is 18.3 Å². The van der Waals surface area contributed by atoms with Crippen molar-refractivity contribution in [3.63, 3.8) is 0 Å². The van der Waals surface area contributed by atoms with E-state index in [1.165, 1.54) is 7.11 Å². The summed E-state index contributed by atoms with van der Waals surface area (Å²) in [5.41, 5.74) is 0.533. The zero-order valence-electron chi connectivity index (χ0n) is 10.3. The summed E-state index contributed by atoms with van der Waals surface area (Å²) in [6.07, 6.45) is 3.96. The Bertz CT molecular complexity index is 532. The molecule has 0 radical (unpaired) electrons. The lowest BCUT2D eigenvalue weighted by Crippen LogP contribution is -2.32. The molecule has 1 aliphatic carbocycles. The van der Waals surface area contributed by atoms with Gasteiger partial charge in [-0.1, -0.05) is 11.6 Å². The molecule has 0 amide bonds. The minimum atomic E-state index is -0.684. The standard InChI is InChI=1S/C13H14ClNO3/c1-8-10(14)6-9(11(17)12(8)18-2)13(15-7-16)4-3-5-13/h6,17H,3-5H2,1-2H3. The first-order valence-electron chi connectivity index (χ1n) is 5.71.